The van der Waals surface area contributed by atoms with Gasteiger partial charge in [-0.25, -0.2) is 14.3 Å². The summed E-state index contributed by atoms with van der Waals surface area (Å²) in [6.07, 6.45) is 0.423. The molecule has 0 fully saturated rings. The van der Waals surface area contributed by atoms with E-state index in [0.29, 0.717) is 12.1 Å². The van der Waals surface area contributed by atoms with Crippen molar-refractivity contribution in [1.29, 1.82) is 0 Å². The van der Waals surface area contributed by atoms with Crippen molar-refractivity contribution in [2.75, 3.05) is 0 Å². The maximum Gasteiger partial charge on any atom is 0.358 e. The number of carboxylic acids is 2. The second-order valence-electron chi connectivity index (χ2n) is 4.25. The molecule has 1 aromatic rings. The van der Waals surface area contributed by atoms with Gasteiger partial charge in [-0.1, -0.05) is 19.1 Å². The zero-order chi connectivity index (χ0) is 13.2. The van der Waals surface area contributed by atoms with E-state index in [9.17, 15) is 9.59 Å². The lowest BCUT2D eigenvalue weighted by Crippen LogP contribution is -2.20. The predicted molar refractivity (Wildman–Crippen MR) is 57.9 cm³/mol. The monoisotopic (exact) mass is 241 g/mol. The molecular weight excluding hydrogens is 226 g/mol. The van der Waals surface area contributed by atoms with Crippen molar-refractivity contribution >= 4 is 11.9 Å². The van der Waals surface area contributed by atoms with Crippen molar-refractivity contribution in [2.45, 2.75) is 33.2 Å². The summed E-state index contributed by atoms with van der Waals surface area (Å²) in [5.41, 5.74) is 0.175. The Morgan fingerprint density at radius 1 is 1.29 bits per heavy atom. The van der Waals surface area contributed by atoms with Gasteiger partial charge in [-0.15, -0.1) is 5.10 Å². The Labute approximate surface area is 98.1 Å². The molecule has 0 radical (unpaired) electrons. The number of hydrogen-bond acceptors (Lipinski definition) is 4. The largest absolute Gasteiger partial charge is 0.480 e. The zero-order valence-corrected chi connectivity index (χ0v) is 9.91. The topological polar surface area (TPSA) is 105 Å². The molecule has 17 heavy (non-hydrogen) atoms. The van der Waals surface area contributed by atoms with Crippen LogP contribution in [0.2, 0.25) is 0 Å². The minimum absolute atomic E-state index is 0.174. The van der Waals surface area contributed by atoms with E-state index in [-0.39, 0.29) is 11.6 Å². The fourth-order valence-electron chi connectivity index (χ4n) is 1.47. The molecule has 1 atom stereocenters. The molecule has 0 spiro atoms. The van der Waals surface area contributed by atoms with Crippen LogP contribution in [0.25, 0.3) is 0 Å². The Morgan fingerprint density at radius 3 is 2.29 bits per heavy atom. The summed E-state index contributed by atoms with van der Waals surface area (Å²) < 4.78 is 1.16. The first kappa shape index (κ1) is 13.1. The number of rotatable bonds is 5. The highest BCUT2D eigenvalue weighted by atomic mass is 16.4. The standard InChI is InChI=1S/C10H15N3O4/c1-5(2)4-7-8(10(16)17)11-12-13(7)6(3)9(14)15/h5-6H,4H2,1-3H3,(H,14,15)(H,16,17). The second-order valence-corrected chi connectivity index (χ2v) is 4.25. The molecular formula is C10H15N3O4. The summed E-state index contributed by atoms with van der Waals surface area (Å²) in [7, 11) is 0. The highest BCUT2D eigenvalue weighted by Crippen LogP contribution is 2.16. The molecule has 2 N–H and O–H groups in total. The van der Waals surface area contributed by atoms with Gasteiger partial charge in [0.2, 0.25) is 0 Å². The molecule has 0 aromatic carbocycles. The zero-order valence-electron chi connectivity index (χ0n) is 9.91. The Balaban J connectivity index is 3.22. The van der Waals surface area contributed by atoms with E-state index in [1.807, 2.05) is 13.8 Å². The van der Waals surface area contributed by atoms with Gasteiger partial charge in [-0.2, -0.15) is 0 Å². The van der Waals surface area contributed by atoms with E-state index in [1.165, 1.54) is 6.92 Å². The molecule has 1 heterocycles. The summed E-state index contributed by atoms with van der Waals surface area (Å²) in [6, 6.07) is -0.927. The summed E-state index contributed by atoms with van der Waals surface area (Å²) >= 11 is 0. The molecule has 0 aliphatic carbocycles. The molecule has 0 aliphatic rings. The average Bonchev–Trinajstić information content (AvgIpc) is 2.59. The number of nitrogens with zero attached hydrogens (tertiary/aromatic N) is 3. The maximum absolute atomic E-state index is 10.9. The molecule has 1 unspecified atom stereocenters. The second kappa shape index (κ2) is 4.94. The molecule has 94 valence electrons. The van der Waals surface area contributed by atoms with Crippen LogP contribution in [-0.2, 0) is 11.2 Å². The van der Waals surface area contributed by atoms with Gasteiger partial charge in [0.1, 0.15) is 6.04 Å². The number of aromatic carboxylic acids is 1. The van der Waals surface area contributed by atoms with Gasteiger partial charge in [0, 0.05) is 0 Å². The molecule has 7 heteroatoms. The summed E-state index contributed by atoms with van der Waals surface area (Å²) in [5.74, 6) is -2.08. The normalized spacial score (nSPS) is 12.7. The number of carboxylic acid groups (broad SMARTS) is 2. The first-order valence-electron chi connectivity index (χ1n) is 5.24. The molecule has 1 aromatic heterocycles. The van der Waals surface area contributed by atoms with Gasteiger partial charge in [0.15, 0.2) is 5.69 Å². The summed E-state index contributed by atoms with van der Waals surface area (Å²) in [4.78, 5) is 21.8. The van der Waals surface area contributed by atoms with Crippen LogP contribution in [0.1, 0.15) is 43.0 Å². The van der Waals surface area contributed by atoms with Crippen LogP contribution in [-0.4, -0.2) is 37.1 Å². The molecule has 7 nitrogen and oxygen atoms in total. The molecule has 0 saturated carbocycles. The van der Waals surface area contributed by atoms with Crippen LogP contribution in [0.3, 0.4) is 0 Å². The van der Waals surface area contributed by atoms with Gasteiger partial charge in [0.25, 0.3) is 0 Å². The van der Waals surface area contributed by atoms with Crippen molar-refractivity contribution in [2.24, 2.45) is 5.92 Å². The van der Waals surface area contributed by atoms with E-state index in [0.717, 1.165) is 4.68 Å². The lowest BCUT2D eigenvalue weighted by atomic mass is 10.1. The predicted octanol–water partition coefficient (Wildman–Crippen LogP) is 0.820. The Morgan fingerprint density at radius 2 is 1.88 bits per heavy atom. The smallest absolute Gasteiger partial charge is 0.358 e. The molecule has 0 aliphatic heterocycles. The van der Waals surface area contributed by atoms with Crippen molar-refractivity contribution < 1.29 is 19.8 Å². The first-order valence-corrected chi connectivity index (χ1v) is 5.24. The van der Waals surface area contributed by atoms with E-state index in [4.69, 9.17) is 10.2 Å². The maximum atomic E-state index is 10.9. The fourth-order valence-corrected chi connectivity index (χ4v) is 1.47. The van der Waals surface area contributed by atoms with E-state index >= 15 is 0 Å². The first-order chi connectivity index (χ1) is 7.84. The van der Waals surface area contributed by atoms with Crippen molar-refractivity contribution in [1.82, 2.24) is 15.0 Å². The van der Waals surface area contributed by atoms with Crippen LogP contribution in [0, 0.1) is 5.92 Å². The molecule has 0 amide bonds. The van der Waals surface area contributed by atoms with Gasteiger partial charge >= 0.3 is 11.9 Å². The SMILES string of the molecule is CC(C)Cc1c(C(=O)O)nnn1C(C)C(=O)O. The Bertz CT molecular complexity index is 439. The lowest BCUT2D eigenvalue weighted by Gasteiger charge is -2.12. The number of aliphatic carboxylic acids is 1. The fraction of sp³-hybridized carbons (Fsp3) is 0.600. The number of carbonyl (C=O) groups is 2. The quantitative estimate of drug-likeness (QED) is 0.790. The molecule has 0 bridgehead atoms. The number of hydrogen-bond donors (Lipinski definition) is 2. The van der Waals surface area contributed by atoms with Crippen LogP contribution >= 0.6 is 0 Å². The lowest BCUT2D eigenvalue weighted by molar-refractivity contribution is -0.140. The summed E-state index contributed by atoms with van der Waals surface area (Å²) in [5, 5.41) is 25.0. The highest BCUT2D eigenvalue weighted by molar-refractivity contribution is 5.86. The highest BCUT2D eigenvalue weighted by Gasteiger charge is 2.25. The van der Waals surface area contributed by atoms with E-state index < -0.39 is 18.0 Å². The van der Waals surface area contributed by atoms with Crippen LogP contribution < -0.4 is 0 Å². The van der Waals surface area contributed by atoms with Gasteiger partial charge < -0.3 is 10.2 Å². The van der Waals surface area contributed by atoms with E-state index in [1.54, 1.807) is 0 Å². The third-order valence-corrected chi connectivity index (χ3v) is 2.32. The minimum atomic E-state index is -1.19. The van der Waals surface area contributed by atoms with Crippen molar-refractivity contribution in [3.8, 4) is 0 Å². The van der Waals surface area contributed by atoms with Crippen molar-refractivity contribution in [3.63, 3.8) is 0 Å². The summed E-state index contributed by atoms with van der Waals surface area (Å²) in [6.45, 7) is 5.26. The van der Waals surface area contributed by atoms with E-state index in [2.05, 4.69) is 10.3 Å². The van der Waals surface area contributed by atoms with Gasteiger partial charge in [0.05, 0.1) is 5.69 Å². The Hall–Kier alpha value is -1.92. The van der Waals surface area contributed by atoms with Gasteiger partial charge in [-0.05, 0) is 19.3 Å². The van der Waals surface area contributed by atoms with Crippen molar-refractivity contribution in [3.05, 3.63) is 11.4 Å². The minimum Gasteiger partial charge on any atom is -0.480 e. The van der Waals surface area contributed by atoms with Crippen LogP contribution in [0.4, 0.5) is 0 Å². The number of aromatic nitrogens is 3. The third-order valence-electron chi connectivity index (χ3n) is 2.32. The third kappa shape index (κ3) is 2.80. The Kier molecular flexibility index (Phi) is 3.82. The van der Waals surface area contributed by atoms with Gasteiger partial charge in [-0.3, -0.25) is 0 Å². The average molecular weight is 241 g/mol. The molecule has 1 rings (SSSR count). The van der Waals surface area contributed by atoms with Crippen LogP contribution in [0.15, 0.2) is 0 Å². The molecule has 0 saturated heterocycles. The van der Waals surface area contributed by atoms with Crippen LogP contribution in [0.5, 0.6) is 0 Å².